The Morgan fingerprint density at radius 1 is 1.04 bits per heavy atom. The summed E-state index contributed by atoms with van der Waals surface area (Å²) < 4.78 is 26.1. The number of anilines is 1. The summed E-state index contributed by atoms with van der Waals surface area (Å²) in [4.78, 5) is 19.9. The zero-order chi connectivity index (χ0) is 17.0. The van der Waals surface area contributed by atoms with Crippen LogP contribution in [0, 0.1) is 31.9 Å². The molecule has 0 aliphatic rings. The topological polar surface area (TPSA) is 111 Å². The first kappa shape index (κ1) is 15.9. The van der Waals surface area contributed by atoms with Crippen LogP contribution in [0.3, 0.4) is 0 Å². The molecule has 0 atom stereocenters. The zero-order valence-electron chi connectivity index (χ0n) is 11.3. The maximum atomic E-state index is 13.4. The van der Waals surface area contributed by atoms with Crippen LogP contribution in [0.15, 0.2) is 41.5 Å². The van der Waals surface area contributed by atoms with Crippen molar-refractivity contribution in [3.05, 3.63) is 73.8 Å². The van der Waals surface area contributed by atoms with Crippen molar-refractivity contribution in [1.29, 1.82) is 0 Å². The van der Waals surface area contributed by atoms with Gasteiger partial charge in [0.1, 0.15) is 17.3 Å². The van der Waals surface area contributed by atoms with Crippen LogP contribution in [0.4, 0.5) is 25.8 Å². The minimum atomic E-state index is -0.853. The van der Waals surface area contributed by atoms with E-state index in [1.165, 1.54) is 0 Å². The molecule has 0 radical (unpaired) electrons. The molecule has 1 N–H and O–H groups in total. The number of nitrogens with zero attached hydrogens (tertiary/aromatic N) is 3. The van der Waals surface area contributed by atoms with Crippen LogP contribution in [0.5, 0.6) is 0 Å². The summed E-state index contributed by atoms with van der Waals surface area (Å²) in [5, 5.41) is 25.1. The van der Waals surface area contributed by atoms with Crippen LogP contribution in [0.2, 0.25) is 0 Å². The molecule has 0 amide bonds. The monoisotopic (exact) mass is 322 g/mol. The number of non-ortho nitro benzene ring substituents is 1. The Bertz CT molecular complexity index is 811. The summed E-state index contributed by atoms with van der Waals surface area (Å²) in [6, 6.07) is 5.77. The van der Waals surface area contributed by atoms with E-state index >= 15 is 0 Å². The van der Waals surface area contributed by atoms with Crippen LogP contribution in [0.25, 0.3) is 0 Å². The molecule has 0 heterocycles. The minimum absolute atomic E-state index is 0.0385. The van der Waals surface area contributed by atoms with Crippen LogP contribution in [-0.2, 0) is 0 Å². The molecule has 0 fully saturated rings. The predicted octanol–water partition coefficient (Wildman–Crippen LogP) is 3.23. The highest BCUT2D eigenvalue weighted by Gasteiger charge is 2.19. The van der Waals surface area contributed by atoms with E-state index in [1.807, 2.05) is 0 Å². The molecule has 0 aliphatic heterocycles. The molecule has 0 bridgehead atoms. The SMILES string of the molecule is O=[N+]([O-])c1ccc(N/N=C/c2ccc(F)cc2F)c([N+](=O)[O-])c1. The summed E-state index contributed by atoms with van der Waals surface area (Å²) in [6.07, 6.45) is 1.000. The maximum Gasteiger partial charge on any atom is 0.301 e. The first-order valence-corrected chi connectivity index (χ1v) is 6.05. The Balaban J connectivity index is 2.24. The van der Waals surface area contributed by atoms with Gasteiger partial charge in [-0.3, -0.25) is 25.7 Å². The number of benzene rings is 2. The highest BCUT2D eigenvalue weighted by molar-refractivity contribution is 5.81. The second kappa shape index (κ2) is 6.56. The van der Waals surface area contributed by atoms with Crippen LogP contribution < -0.4 is 5.43 Å². The van der Waals surface area contributed by atoms with Gasteiger partial charge in [-0.25, -0.2) is 8.78 Å². The number of hydrazone groups is 1. The number of hydrogen-bond acceptors (Lipinski definition) is 6. The number of rotatable bonds is 5. The van der Waals surface area contributed by atoms with E-state index in [9.17, 15) is 29.0 Å². The molecule has 0 aromatic heterocycles. The molecule has 10 heteroatoms. The van der Waals surface area contributed by atoms with Gasteiger partial charge in [-0.05, 0) is 18.2 Å². The fraction of sp³-hybridized carbons (Fsp3) is 0. The van der Waals surface area contributed by atoms with Crippen molar-refractivity contribution in [2.75, 3.05) is 5.43 Å². The lowest BCUT2D eigenvalue weighted by Gasteiger charge is -2.02. The molecule has 8 nitrogen and oxygen atoms in total. The minimum Gasteiger partial charge on any atom is -0.272 e. The molecular formula is C13H8F2N4O4. The average molecular weight is 322 g/mol. The molecule has 0 saturated carbocycles. The Kier molecular flexibility index (Phi) is 4.55. The van der Waals surface area contributed by atoms with Crippen molar-refractivity contribution in [1.82, 2.24) is 0 Å². The molecule has 118 valence electrons. The third-order valence-electron chi connectivity index (χ3n) is 2.74. The Hall–Kier alpha value is -3.43. The van der Waals surface area contributed by atoms with Crippen molar-refractivity contribution >= 4 is 23.3 Å². The first-order chi connectivity index (χ1) is 10.9. The van der Waals surface area contributed by atoms with Crippen molar-refractivity contribution in [2.45, 2.75) is 0 Å². The Morgan fingerprint density at radius 2 is 1.78 bits per heavy atom. The van der Waals surface area contributed by atoms with E-state index < -0.39 is 32.9 Å². The van der Waals surface area contributed by atoms with E-state index in [0.717, 1.165) is 36.5 Å². The van der Waals surface area contributed by atoms with Crippen LogP contribution in [-0.4, -0.2) is 16.1 Å². The van der Waals surface area contributed by atoms with Gasteiger partial charge < -0.3 is 0 Å². The zero-order valence-corrected chi connectivity index (χ0v) is 11.3. The van der Waals surface area contributed by atoms with Crippen LogP contribution >= 0.6 is 0 Å². The second-order valence-corrected chi connectivity index (χ2v) is 4.25. The van der Waals surface area contributed by atoms with Gasteiger partial charge in [0, 0.05) is 17.7 Å². The van der Waals surface area contributed by atoms with Gasteiger partial charge in [-0.2, -0.15) is 5.10 Å². The number of nitro benzene ring substituents is 2. The van der Waals surface area contributed by atoms with E-state index in [0.29, 0.717) is 6.07 Å². The summed E-state index contributed by atoms with van der Waals surface area (Å²) in [5.41, 5.74) is 1.14. The molecule has 2 rings (SSSR count). The Labute approximate surface area is 127 Å². The summed E-state index contributed by atoms with van der Waals surface area (Å²) >= 11 is 0. The third-order valence-corrected chi connectivity index (χ3v) is 2.74. The normalized spacial score (nSPS) is 10.7. The molecule has 2 aromatic carbocycles. The number of hydrogen-bond donors (Lipinski definition) is 1. The summed E-state index contributed by atoms with van der Waals surface area (Å²) in [6.45, 7) is 0. The maximum absolute atomic E-state index is 13.4. The van der Waals surface area contributed by atoms with E-state index in [1.54, 1.807) is 0 Å². The van der Waals surface area contributed by atoms with Gasteiger partial charge in [-0.15, -0.1) is 0 Å². The van der Waals surface area contributed by atoms with E-state index in [4.69, 9.17) is 0 Å². The van der Waals surface area contributed by atoms with Gasteiger partial charge in [0.15, 0.2) is 0 Å². The quantitative estimate of drug-likeness (QED) is 0.516. The largest absolute Gasteiger partial charge is 0.301 e. The first-order valence-electron chi connectivity index (χ1n) is 6.05. The van der Waals surface area contributed by atoms with Crippen molar-refractivity contribution in [3.63, 3.8) is 0 Å². The number of nitro groups is 2. The highest BCUT2D eigenvalue weighted by Crippen LogP contribution is 2.28. The summed E-state index contributed by atoms with van der Waals surface area (Å²) in [7, 11) is 0. The van der Waals surface area contributed by atoms with Crippen molar-refractivity contribution < 1.29 is 18.6 Å². The number of halogens is 2. The lowest BCUT2D eigenvalue weighted by molar-refractivity contribution is -0.393. The fourth-order valence-corrected chi connectivity index (χ4v) is 1.66. The third kappa shape index (κ3) is 3.81. The lowest BCUT2D eigenvalue weighted by atomic mass is 10.2. The van der Waals surface area contributed by atoms with Gasteiger partial charge in [0.25, 0.3) is 5.69 Å². The molecule has 2 aromatic rings. The van der Waals surface area contributed by atoms with Gasteiger partial charge in [0.05, 0.1) is 22.1 Å². The average Bonchev–Trinajstić information content (AvgIpc) is 2.49. The molecule has 0 saturated heterocycles. The standard InChI is InChI=1S/C13H8F2N4O4/c14-9-2-1-8(11(15)5-9)7-16-17-12-4-3-10(18(20)21)6-13(12)19(22)23/h1-7,17H/b16-7+. The van der Waals surface area contributed by atoms with Gasteiger partial charge in [-0.1, -0.05) is 0 Å². The van der Waals surface area contributed by atoms with Crippen molar-refractivity contribution in [3.8, 4) is 0 Å². The smallest absolute Gasteiger partial charge is 0.272 e. The van der Waals surface area contributed by atoms with E-state index in [-0.39, 0.29) is 11.3 Å². The summed E-state index contributed by atoms with van der Waals surface area (Å²) in [5.74, 6) is -1.60. The van der Waals surface area contributed by atoms with Crippen LogP contribution in [0.1, 0.15) is 5.56 Å². The van der Waals surface area contributed by atoms with Crippen molar-refractivity contribution in [2.24, 2.45) is 5.10 Å². The predicted molar refractivity (Wildman–Crippen MR) is 77.3 cm³/mol. The fourth-order valence-electron chi connectivity index (χ4n) is 1.66. The van der Waals surface area contributed by atoms with E-state index in [2.05, 4.69) is 10.5 Å². The molecule has 0 aliphatic carbocycles. The number of nitrogens with one attached hydrogen (secondary N) is 1. The molecule has 0 spiro atoms. The molecular weight excluding hydrogens is 314 g/mol. The molecule has 0 unspecified atom stereocenters. The highest BCUT2D eigenvalue weighted by atomic mass is 19.1. The molecule has 23 heavy (non-hydrogen) atoms. The Morgan fingerprint density at radius 3 is 2.39 bits per heavy atom. The van der Waals surface area contributed by atoms with Gasteiger partial charge in [0.2, 0.25) is 0 Å². The lowest BCUT2D eigenvalue weighted by Crippen LogP contribution is -1.99. The second-order valence-electron chi connectivity index (χ2n) is 4.25. The van der Waals surface area contributed by atoms with Gasteiger partial charge >= 0.3 is 5.69 Å².